The molecule has 0 saturated heterocycles. The zero-order valence-corrected chi connectivity index (χ0v) is 29.6. The van der Waals surface area contributed by atoms with Crippen LogP contribution in [0.2, 0.25) is 0 Å². The number of unbranched alkanes of at least 4 members (excludes halogenated alkanes) is 13. The van der Waals surface area contributed by atoms with Gasteiger partial charge in [-0.05, 0) is 54.1 Å². The number of halogens is 7. The Balaban J connectivity index is 1.61. The zero-order chi connectivity index (χ0) is 38.6. The lowest BCUT2D eigenvalue weighted by molar-refractivity contribution is -0.343. The summed E-state index contributed by atoms with van der Waals surface area (Å²) in [5.74, 6) is -16.9. The van der Waals surface area contributed by atoms with Gasteiger partial charge in [0.05, 0.1) is 5.69 Å². The standard InChI is InChI=1S/C36H44F7N3O5S/c1-2-3-4-5-6-7-8-9-10-11-12-13-14-15-16-25-17-20-27(21-18-25)45-46-31-30(52(49,50)51)23-26-19-22-28(24-29(26)32(31)47)44-33(48)34(37,38)35(39,40)36(41,42)43/h17-24,47H,2-16H2,1H3,(H,44,48)(H,49,50,51). The van der Waals surface area contributed by atoms with Gasteiger partial charge in [0, 0.05) is 11.1 Å². The first-order chi connectivity index (χ1) is 24.4. The second-order valence-electron chi connectivity index (χ2n) is 12.8. The van der Waals surface area contributed by atoms with Gasteiger partial charge < -0.3 is 10.4 Å². The number of azo groups is 1. The molecule has 0 fully saturated rings. The van der Waals surface area contributed by atoms with E-state index in [-0.39, 0.29) is 11.1 Å². The topological polar surface area (TPSA) is 128 Å². The molecule has 3 aromatic carbocycles. The number of aromatic hydroxyl groups is 1. The predicted octanol–water partition coefficient (Wildman–Crippen LogP) is 12.0. The van der Waals surface area contributed by atoms with E-state index in [0.29, 0.717) is 6.07 Å². The van der Waals surface area contributed by atoms with Crippen LogP contribution in [0.3, 0.4) is 0 Å². The molecule has 3 aromatic rings. The van der Waals surface area contributed by atoms with Gasteiger partial charge in [-0.2, -0.15) is 44.3 Å². The van der Waals surface area contributed by atoms with Crippen molar-refractivity contribution >= 4 is 43.9 Å². The third-order valence-electron chi connectivity index (χ3n) is 8.64. The lowest BCUT2D eigenvalue weighted by atomic mass is 10.0. The summed E-state index contributed by atoms with van der Waals surface area (Å²) in [6.45, 7) is 2.22. The van der Waals surface area contributed by atoms with Gasteiger partial charge in [-0.3, -0.25) is 9.35 Å². The minimum absolute atomic E-state index is 0.165. The molecule has 0 spiro atoms. The number of carbonyl (C=O) groups excluding carboxylic acids is 1. The molecule has 0 aliphatic rings. The number of rotatable bonds is 21. The van der Waals surface area contributed by atoms with Crippen LogP contribution in [0.25, 0.3) is 10.8 Å². The summed E-state index contributed by atoms with van der Waals surface area (Å²) in [6, 6.07) is 10.0. The highest BCUT2D eigenvalue weighted by molar-refractivity contribution is 7.86. The number of phenols is 1. The summed E-state index contributed by atoms with van der Waals surface area (Å²) >= 11 is 0. The maximum Gasteiger partial charge on any atom is 0.460 e. The average Bonchev–Trinajstić information content (AvgIpc) is 3.07. The molecule has 0 radical (unpaired) electrons. The molecule has 52 heavy (non-hydrogen) atoms. The molecular weight excluding hydrogens is 719 g/mol. The van der Waals surface area contributed by atoms with Crippen molar-refractivity contribution in [3.05, 3.63) is 54.1 Å². The van der Waals surface area contributed by atoms with Gasteiger partial charge in [0.2, 0.25) is 0 Å². The van der Waals surface area contributed by atoms with E-state index < -0.39 is 61.5 Å². The molecule has 0 bridgehead atoms. The predicted molar refractivity (Wildman–Crippen MR) is 185 cm³/mol. The van der Waals surface area contributed by atoms with Crippen LogP contribution in [0, 0.1) is 0 Å². The van der Waals surface area contributed by atoms with Crippen molar-refractivity contribution in [2.75, 3.05) is 5.32 Å². The van der Waals surface area contributed by atoms with Crippen LogP contribution in [0.1, 0.15) is 102 Å². The molecular formula is C36H44F7N3O5S. The van der Waals surface area contributed by atoms with E-state index in [9.17, 15) is 53.6 Å². The van der Waals surface area contributed by atoms with Crippen molar-refractivity contribution in [1.29, 1.82) is 0 Å². The zero-order valence-electron chi connectivity index (χ0n) is 28.8. The fourth-order valence-corrected chi connectivity index (χ4v) is 6.26. The minimum Gasteiger partial charge on any atom is -0.505 e. The molecule has 0 heterocycles. The van der Waals surface area contributed by atoms with Gasteiger partial charge in [-0.15, -0.1) is 5.11 Å². The van der Waals surface area contributed by atoms with Crippen LogP contribution in [0.5, 0.6) is 5.75 Å². The quantitative estimate of drug-likeness (QED) is 0.0431. The molecule has 0 aliphatic carbocycles. The highest BCUT2D eigenvalue weighted by Crippen LogP contribution is 2.47. The first kappa shape index (κ1) is 42.6. The van der Waals surface area contributed by atoms with Gasteiger partial charge >= 0.3 is 23.9 Å². The fourth-order valence-electron chi connectivity index (χ4n) is 5.60. The molecule has 8 nitrogen and oxygen atoms in total. The van der Waals surface area contributed by atoms with Gasteiger partial charge in [0.1, 0.15) is 10.6 Å². The number of hydrogen-bond acceptors (Lipinski definition) is 6. The Hall–Kier alpha value is -3.79. The summed E-state index contributed by atoms with van der Waals surface area (Å²) in [5, 5.41) is 19.2. The van der Waals surface area contributed by atoms with E-state index in [4.69, 9.17) is 0 Å². The molecule has 0 saturated carbocycles. The first-order valence-electron chi connectivity index (χ1n) is 17.3. The van der Waals surface area contributed by atoms with E-state index in [1.165, 1.54) is 75.9 Å². The fraction of sp³-hybridized carbons (Fsp3) is 0.528. The van der Waals surface area contributed by atoms with E-state index in [2.05, 4.69) is 17.2 Å². The molecule has 0 atom stereocenters. The molecule has 0 aliphatic heterocycles. The average molecular weight is 764 g/mol. The number of anilines is 1. The number of hydrogen-bond donors (Lipinski definition) is 3. The van der Waals surface area contributed by atoms with Crippen molar-refractivity contribution in [2.24, 2.45) is 10.2 Å². The highest BCUT2D eigenvalue weighted by Gasteiger charge is 2.76. The monoisotopic (exact) mass is 763 g/mol. The second kappa shape index (κ2) is 18.8. The van der Waals surface area contributed by atoms with Gasteiger partial charge in [-0.25, -0.2) is 0 Å². The Labute approximate surface area is 298 Å². The van der Waals surface area contributed by atoms with E-state index in [1.807, 2.05) is 0 Å². The molecule has 3 N–H and O–H groups in total. The number of benzene rings is 3. The van der Waals surface area contributed by atoms with Crippen molar-refractivity contribution in [3.8, 4) is 5.75 Å². The van der Waals surface area contributed by atoms with Crippen LogP contribution in [-0.4, -0.2) is 42.0 Å². The highest BCUT2D eigenvalue weighted by atomic mass is 32.2. The Kier molecular flexibility index (Phi) is 15.4. The van der Waals surface area contributed by atoms with E-state index in [0.717, 1.165) is 49.4 Å². The summed E-state index contributed by atoms with van der Waals surface area (Å²) in [5.41, 5.74) is -0.279. The number of nitrogens with zero attached hydrogens (tertiary/aromatic N) is 2. The molecule has 0 unspecified atom stereocenters. The molecule has 0 aromatic heterocycles. The number of alkyl halides is 7. The smallest absolute Gasteiger partial charge is 0.460 e. The summed E-state index contributed by atoms with van der Waals surface area (Å²) in [4.78, 5) is 10.9. The first-order valence-corrected chi connectivity index (χ1v) is 18.8. The number of nitrogens with one attached hydrogen (secondary N) is 1. The maximum atomic E-state index is 13.8. The Morgan fingerprint density at radius 1 is 0.731 bits per heavy atom. The molecule has 1 amide bonds. The van der Waals surface area contributed by atoms with Crippen molar-refractivity contribution < 1.29 is 53.6 Å². The number of fused-ring (bicyclic) bond motifs is 1. The summed E-state index contributed by atoms with van der Waals surface area (Å²) < 4.78 is 126. The normalized spacial score (nSPS) is 12.9. The molecule has 288 valence electrons. The van der Waals surface area contributed by atoms with Gasteiger partial charge in [0.25, 0.3) is 10.1 Å². The van der Waals surface area contributed by atoms with Gasteiger partial charge in [-0.1, -0.05) is 109 Å². The van der Waals surface area contributed by atoms with Crippen LogP contribution in [-0.2, 0) is 21.3 Å². The van der Waals surface area contributed by atoms with Crippen molar-refractivity contribution in [1.82, 2.24) is 0 Å². The van der Waals surface area contributed by atoms with Crippen LogP contribution in [0.15, 0.2) is 63.7 Å². The van der Waals surface area contributed by atoms with E-state index in [1.54, 1.807) is 24.3 Å². The Morgan fingerprint density at radius 3 is 1.75 bits per heavy atom. The lowest BCUT2D eigenvalue weighted by Crippen LogP contribution is -2.57. The van der Waals surface area contributed by atoms with Crippen LogP contribution < -0.4 is 5.32 Å². The maximum absolute atomic E-state index is 13.8. The second-order valence-corrected chi connectivity index (χ2v) is 14.2. The SMILES string of the molecule is CCCCCCCCCCCCCCCCc1ccc(N=Nc2c(S(=O)(=O)O)cc3ccc(NC(=O)C(F)(F)C(F)(F)C(F)(F)F)cc3c2O)cc1. The third kappa shape index (κ3) is 11.6. The number of phenolic OH excluding ortho intramolecular Hbond substituents is 1. The third-order valence-corrected chi connectivity index (χ3v) is 9.51. The molecule has 16 heteroatoms. The Bertz CT molecular complexity index is 1770. The van der Waals surface area contributed by atoms with Crippen molar-refractivity contribution in [2.45, 2.75) is 126 Å². The van der Waals surface area contributed by atoms with Crippen LogP contribution in [0.4, 0.5) is 47.8 Å². The van der Waals surface area contributed by atoms with Crippen molar-refractivity contribution in [3.63, 3.8) is 0 Å². The van der Waals surface area contributed by atoms with Crippen LogP contribution >= 0.6 is 0 Å². The Morgan fingerprint density at radius 2 is 1.25 bits per heavy atom. The minimum atomic E-state index is -6.74. The number of carbonyl (C=O) groups is 1. The summed E-state index contributed by atoms with van der Waals surface area (Å²) in [7, 11) is -5.04. The summed E-state index contributed by atoms with van der Waals surface area (Å²) in [6.07, 6.45) is 11.6. The lowest BCUT2D eigenvalue weighted by Gasteiger charge is -2.27. The molecule has 3 rings (SSSR count). The number of aryl methyl sites for hydroxylation is 1. The van der Waals surface area contributed by atoms with E-state index >= 15 is 0 Å². The number of amides is 1. The largest absolute Gasteiger partial charge is 0.505 e. The van der Waals surface area contributed by atoms with Gasteiger partial charge in [0.15, 0.2) is 5.75 Å².